The van der Waals surface area contributed by atoms with Gasteiger partial charge in [0.15, 0.2) is 0 Å². The summed E-state index contributed by atoms with van der Waals surface area (Å²) in [4.78, 5) is 34.5. The number of barbiturate groups is 1. The van der Waals surface area contributed by atoms with Crippen molar-refractivity contribution < 1.29 is 14.4 Å². The third kappa shape index (κ3) is 2.08. The van der Waals surface area contributed by atoms with E-state index in [0.29, 0.717) is 5.92 Å². The Bertz CT molecular complexity index is 316. The number of hydrogen-bond acceptors (Lipinski definition) is 3. The quantitative estimate of drug-likeness (QED) is 0.706. The van der Waals surface area contributed by atoms with Crippen molar-refractivity contribution in [2.24, 2.45) is 17.3 Å². The van der Waals surface area contributed by atoms with Crippen molar-refractivity contribution in [3.63, 3.8) is 0 Å². The second kappa shape index (κ2) is 4.23. The maximum Gasteiger partial charge on any atom is 0.328 e. The van der Waals surface area contributed by atoms with Crippen LogP contribution >= 0.6 is 0 Å². The van der Waals surface area contributed by atoms with E-state index in [2.05, 4.69) is 10.6 Å². The van der Waals surface area contributed by atoms with Crippen LogP contribution in [0.1, 0.15) is 34.1 Å². The maximum atomic E-state index is 11.8. The van der Waals surface area contributed by atoms with E-state index >= 15 is 0 Å². The van der Waals surface area contributed by atoms with Crippen LogP contribution in [0.5, 0.6) is 0 Å². The first-order valence-corrected chi connectivity index (χ1v) is 5.45. The Hall–Kier alpha value is -1.39. The van der Waals surface area contributed by atoms with E-state index in [-0.39, 0.29) is 5.92 Å². The van der Waals surface area contributed by atoms with Gasteiger partial charge in [-0.1, -0.05) is 20.8 Å². The van der Waals surface area contributed by atoms with Gasteiger partial charge in [-0.05, 0) is 25.2 Å². The van der Waals surface area contributed by atoms with E-state index in [9.17, 15) is 14.4 Å². The molecule has 16 heavy (non-hydrogen) atoms. The summed E-state index contributed by atoms with van der Waals surface area (Å²) in [5.41, 5.74) is -1.15. The Kier molecular flexibility index (Phi) is 3.35. The number of nitrogens with one attached hydrogen (secondary N) is 2. The fraction of sp³-hybridized carbons (Fsp3) is 0.727. The minimum absolute atomic E-state index is 0.111. The second-order valence-electron chi connectivity index (χ2n) is 4.97. The number of hydrogen-bond donors (Lipinski definition) is 2. The first kappa shape index (κ1) is 12.7. The van der Waals surface area contributed by atoms with Crippen molar-refractivity contribution >= 4 is 17.8 Å². The van der Waals surface area contributed by atoms with Crippen LogP contribution in [0.15, 0.2) is 0 Å². The first-order valence-electron chi connectivity index (χ1n) is 5.45. The zero-order chi connectivity index (χ0) is 12.5. The number of rotatable bonds is 3. The van der Waals surface area contributed by atoms with Crippen molar-refractivity contribution in [1.82, 2.24) is 10.6 Å². The zero-order valence-electron chi connectivity index (χ0n) is 10.1. The Morgan fingerprint density at radius 2 is 1.50 bits per heavy atom. The van der Waals surface area contributed by atoms with Crippen molar-refractivity contribution in [1.29, 1.82) is 0 Å². The van der Waals surface area contributed by atoms with Gasteiger partial charge in [0, 0.05) is 0 Å². The van der Waals surface area contributed by atoms with Crippen LogP contribution in [0.25, 0.3) is 0 Å². The van der Waals surface area contributed by atoms with Crippen LogP contribution in [0.2, 0.25) is 0 Å². The molecule has 90 valence electrons. The Morgan fingerprint density at radius 1 is 1.06 bits per heavy atom. The summed E-state index contributed by atoms with van der Waals surface area (Å²) in [7, 11) is 0. The first-order chi connectivity index (χ1) is 7.28. The summed E-state index contributed by atoms with van der Waals surface area (Å²) in [6.45, 7) is 7.50. The standard InChI is InChI=1S/C11H18N2O3/c1-6(2)5-7(3)11(4)8(14)12-10(16)13-9(11)15/h6-7H,5H2,1-4H3,(H2,12,13,14,15,16). The van der Waals surface area contributed by atoms with E-state index in [1.54, 1.807) is 6.92 Å². The molecule has 4 amide bonds. The van der Waals surface area contributed by atoms with Crippen LogP contribution in [0, 0.1) is 17.3 Å². The predicted octanol–water partition coefficient (Wildman–Crippen LogP) is 1.04. The molecule has 1 unspecified atom stereocenters. The lowest BCUT2D eigenvalue weighted by Crippen LogP contribution is -2.63. The normalized spacial score (nSPS) is 21.7. The van der Waals surface area contributed by atoms with Gasteiger partial charge in [-0.25, -0.2) is 4.79 Å². The van der Waals surface area contributed by atoms with E-state index < -0.39 is 23.3 Å². The maximum absolute atomic E-state index is 11.8. The van der Waals surface area contributed by atoms with Gasteiger partial charge in [0.25, 0.3) is 0 Å². The van der Waals surface area contributed by atoms with Crippen molar-refractivity contribution in [3.05, 3.63) is 0 Å². The van der Waals surface area contributed by atoms with Crippen LogP contribution in [0.3, 0.4) is 0 Å². The number of amides is 4. The van der Waals surface area contributed by atoms with Crippen LogP contribution < -0.4 is 10.6 Å². The molecule has 1 saturated heterocycles. The summed E-state index contributed by atoms with van der Waals surface area (Å²) < 4.78 is 0. The van der Waals surface area contributed by atoms with Gasteiger partial charge in [-0.15, -0.1) is 0 Å². The lowest BCUT2D eigenvalue weighted by Gasteiger charge is -2.36. The highest BCUT2D eigenvalue weighted by atomic mass is 16.2. The molecule has 1 aliphatic rings. The molecule has 0 radical (unpaired) electrons. The minimum atomic E-state index is -1.15. The van der Waals surface area contributed by atoms with Gasteiger partial charge in [0.1, 0.15) is 5.41 Å². The van der Waals surface area contributed by atoms with Gasteiger partial charge >= 0.3 is 6.03 Å². The third-order valence-corrected chi connectivity index (χ3v) is 3.21. The predicted molar refractivity (Wildman–Crippen MR) is 58.4 cm³/mol. The van der Waals surface area contributed by atoms with Gasteiger partial charge in [0.05, 0.1) is 0 Å². The number of urea groups is 1. The van der Waals surface area contributed by atoms with Crippen LogP contribution in [-0.2, 0) is 9.59 Å². The minimum Gasteiger partial charge on any atom is -0.277 e. The van der Waals surface area contributed by atoms with Crippen molar-refractivity contribution in [3.8, 4) is 0 Å². The zero-order valence-corrected chi connectivity index (χ0v) is 10.1. The Labute approximate surface area is 95.0 Å². The van der Waals surface area contributed by atoms with E-state index in [1.807, 2.05) is 20.8 Å². The second-order valence-corrected chi connectivity index (χ2v) is 4.97. The highest BCUT2D eigenvalue weighted by Crippen LogP contribution is 2.33. The molecule has 5 heteroatoms. The molecule has 0 spiro atoms. The van der Waals surface area contributed by atoms with E-state index in [1.165, 1.54) is 0 Å². The molecule has 1 fully saturated rings. The molecular formula is C11H18N2O3. The highest BCUT2D eigenvalue weighted by molar-refractivity contribution is 6.19. The highest BCUT2D eigenvalue weighted by Gasteiger charge is 2.49. The molecule has 1 atom stereocenters. The molecule has 0 aliphatic carbocycles. The largest absolute Gasteiger partial charge is 0.328 e. The average molecular weight is 226 g/mol. The topological polar surface area (TPSA) is 75.3 Å². The summed E-state index contributed by atoms with van der Waals surface area (Å²) in [5, 5.41) is 4.29. The summed E-state index contributed by atoms with van der Waals surface area (Å²) >= 11 is 0. The molecule has 0 aromatic heterocycles. The average Bonchev–Trinajstić information content (AvgIpc) is 2.12. The molecular weight excluding hydrogens is 208 g/mol. The number of carbonyl (C=O) groups is 3. The number of imide groups is 2. The van der Waals surface area contributed by atoms with Gasteiger partial charge < -0.3 is 0 Å². The fourth-order valence-corrected chi connectivity index (χ4v) is 1.99. The number of carbonyl (C=O) groups excluding carboxylic acids is 3. The lowest BCUT2D eigenvalue weighted by atomic mass is 9.72. The van der Waals surface area contributed by atoms with E-state index in [0.717, 1.165) is 6.42 Å². The molecule has 1 aliphatic heterocycles. The molecule has 0 aromatic carbocycles. The van der Waals surface area contributed by atoms with Crippen LogP contribution in [-0.4, -0.2) is 17.8 Å². The molecule has 0 aromatic rings. The summed E-state index contributed by atoms with van der Waals surface area (Å²) in [6.07, 6.45) is 0.755. The molecule has 5 nitrogen and oxygen atoms in total. The van der Waals surface area contributed by atoms with Gasteiger partial charge in [0.2, 0.25) is 11.8 Å². The van der Waals surface area contributed by atoms with Gasteiger partial charge in [-0.3, -0.25) is 20.2 Å². The SMILES string of the molecule is CC(C)CC(C)C1(C)C(=O)NC(=O)NC1=O. The molecule has 2 N–H and O–H groups in total. The smallest absolute Gasteiger partial charge is 0.277 e. The molecule has 0 saturated carbocycles. The Morgan fingerprint density at radius 3 is 1.88 bits per heavy atom. The molecule has 1 heterocycles. The molecule has 0 bridgehead atoms. The monoisotopic (exact) mass is 226 g/mol. The fourth-order valence-electron chi connectivity index (χ4n) is 1.99. The third-order valence-electron chi connectivity index (χ3n) is 3.21. The van der Waals surface area contributed by atoms with E-state index in [4.69, 9.17) is 0 Å². The molecule has 1 rings (SSSR count). The Balaban J connectivity index is 2.93. The van der Waals surface area contributed by atoms with Crippen molar-refractivity contribution in [2.45, 2.75) is 34.1 Å². The van der Waals surface area contributed by atoms with Crippen LogP contribution in [0.4, 0.5) is 4.79 Å². The van der Waals surface area contributed by atoms with Gasteiger partial charge in [-0.2, -0.15) is 0 Å². The summed E-state index contributed by atoms with van der Waals surface area (Å²) in [5.74, 6) is -0.727. The summed E-state index contributed by atoms with van der Waals surface area (Å²) in [6, 6.07) is -0.732. The lowest BCUT2D eigenvalue weighted by molar-refractivity contribution is -0.147. The van der Waals surface area contributed by atoms with Crippen molar-refractivity contribution in [2.75, 3.05) is 0 Å².